The average Bonchev–Trinajstić information content (AvgIpc) is 2.90. The molecule has 1 N–H and O–H groups in total. The van der Waals surface area contributed by atoms with Gasteiger partial charge in [0.05, 0.1) is 19.8 Å². The quantitative estimate of drug-likeness (QED) is 0.709. The number of rotatable bonds is 2. The molecule has 0 radical (unpaired) electrons. The van der Waals surface area contributed by atoms with Gasteiger partial charge >= 0.3 is 6.03 Å². The van der Waals surface area contributed by atoms with Crippen molar-refractivity contribution < 1.29 is 14.3 Å². The second kappa shape index (κ2) is 5.89. The molecule has 5 nitrogen and oxygen atoms in total. The first-order valence-corrected chi connectivity index (χ1v) is 6.00. The van der Waals surface area contributed by atoms with Gasteiger partial charge in [0, 0.05) is 19.0 Å². The highest BCUT2D eigenvalue weighted by Gasteiger charge is 2.32. The number of nitrogens with zero attached hydrogens (tertiary/aromatic N) is 1. The van der Waals surface area contributed by atoms with Gasteiger partial charge in [0.25, 0.3) is 0 Å². The third-order valence-corrected chi connectivity index (χ3v) is 3.12. The number of hydrogen-bond acceptors (Lipinski definition) is 3. The van der Waals surface area contributed by atoms with Crippen LogP contribution in [0.25, 0.3) is 0 Å². The SMILES string of the molecule is C#CCNC(=O)N1CCCC(C2OCCO2)C1. The van der Waals surface area contributed by atoms with Crippen molar-refractivity contribution in [3.05, 3.63) is 0 Å². The number of hydrogen-bond donors (Lipinski definition) is 1. The molecule has 5 heteroatoms. The number of carbonyl (C=O) groups excluding carboxylic acids is 1. The minimum absolute atomic E-state index is 0.0920. The normalized spacial score (nSPS) is 25.6. The Labute approximate surface area is 101 Å². The molecule has 0 aromatic carbocycles. The second-order valence-electron chi connectivity index (χ2n) is 4.32. The fourth-order valence-electron chi connectivity index (χ4n) is 2.30. The monoisotopic (exact) mass is 238 g/mol. The number of piperidine rings is 1. The minimum Gasteiger partial charge on any atom is -0.350 e. The molecule has 2 aliphatic rings. The zero-order valence-electron chi connectivity index (χ0n) is 9.85. The van der Waals surface area contributed by atoms with E-state index in [0.29, 0.717) is 19.8 Å². The fraction of sp³-hybridized carbons (Fsp3) is 0.750. The summed E-state index contributed by atoms with van der Waals surface area (Å²) in [4.78, 5) is 13.5. The van der Waals surface area contributed by atoms with Gasteiger partial charge in [-0.3, -0.25) is 0 Å². The second-order valence-corrected chi connectivity index (χ2v) is 4.32. The summed E-state index contributed by atoms with van der Waals surface area (Å²) in [5.74, 6) is 2.68. The first-order chi connectivity index (χ1) is 8.31. The fourth-order valence-corrected chi connectivity index (χ4v) is 2.30. The molecular weight excluding hydrogens is 220 g/mol. The van der Waals surface area contributed by atoms with E-state index in [1.54, 1.807) is 4.90 Å². The lowest BCUT2D eigenvalue weighted by Crippen LogP contribution is -2.48. The summed E-state index contributed by atoms with van der Waals surface area (Å²) < 4.78 is 11.0. The van der Waals surface area contributed by atoms with Crippen molar-refractivity contribution >= 4 is 6.03 Å². The molecule has 0 saturated carbocycles. The van der Waals surface area contributed by atoms with Crippen LogP contribution in [0.15, 0.2) is 0 Å². The van der Waals surface area contributed by atoms with Crippen molar-refractivity contribution in [2.45, 2.75) is 19.1 Å². The highest BCUT2D eigenvalue weighted by molar-refractivity contribution is 5.74. The van der Waals surface area contributed by atoms with Crippen LogP contribution >= 0.6 is 0 Å². The summed E-state index contributed by atoms with van der Waals surface area (Å²) in [6.45, 7) is 3.05. The van der Waals surface area contributed by atoms with Crippen molar-refractivity contribution in [1.82, 2.24) is 10.2 Å². The summed E-state index contributed by atoms with van der Waals surface area (Å²) in [6.07, 6.45) is 7.00. The Morgan fingerprint density at radius 1 is 1.47 bits per heavy atom. The number of ether oxygens (including phenoxy) is 2. The van der Waals surface area contributed by atoms with Crippen LogP contribution in [0.3, 0.4) is 0 Å². The van der Waals surface area contributed by atoms with E-state index in [0.717, 1.165) is 19.4 Å². The van der Waals surface area contributed by atoms with Crippen molar-refractivity contribution in [1.29, 1.82) is 0 Å². The van der Waals surface area contributed by atoms with Gasteiger partial charge in [-0.05, 0) is 12.8 Å². The molecule has 2 rings (SSSR count). The first kappa shape index (κ1) is 12.2. The molecule has 0 aromatic rings. The van der Waals surface area contributed by atoms with E-state index in [2.05, 4.69) is 11.2 Å². The topological polar surface area (TPSA) is 50.8 Å². The number of terminal acetylenes is 1. The molecule has 0 spiro atoms. The minimum atomic E-state index is -0.141. The van der Waals surface area contributed by atoms with E-state index in [1.165, 1.54) is 0 Å². The highest BCUT2D eigenvalue weighted by Crippen LogP contribution is 2.24. The molecule has 2 amide bonds. The molecule has 2 heterocycles. The zero-order valence-corrected chi connectivity index (χ0v) is 9.85. The van der Waals surface area contributed by atoms with Gasteiger partial charge in [-0.25, -0.2) is 4.79 Å². The molecule has 0 aromatic heterocycles. The first-order valence-electron chi connectivity index (χ1n) is 6.00. The summed E-state index contributed by atoms with van der Waals surface area (Å²) in [5.41, 5.74) is 0. The number of urea groups is 1. The van der Waals surface area contributed by atoms with Gasteiger partial charge < -0.3 is 19.7 Å². The molecule has 1 unspecified atom stereocenters. The Morgan fingerprint density at radius 3 is 2.94 bits per heavy atom. The standard InChI is InChI=1S/C12H18N2O3/c1-2-5-13-12(15)14-6-3-4-10(9-14)11-16-7-8-17-11/h1,10-11H,3-9H2,(H,13,15). The Bertz CT molecular complexity index is 307. The molecule has 2 saturated heterocycles. The Morgan fingerprint density at radius 2 is 2.24 bits per heavy atom. The third kappa shape index (κ3) is 3.11. The van der Waals surface area contributed by atoms with Gasteiger partial charge in [-0.2, -0.15) is 0 Å². The van der Waals surface area contributed by atoms with Crippen molar-refractivity contribution in [3.8, 4) is 12.3 Å². The van der Waals surface area contributed by atoms with E-state index in [-0.39, 0.29) is 24.8 Å². The van der Waals surface area contributed by atoms with Gasteiger partial charge in [-0.15, -0.1) is 6.42 Å². The van der Waals surface area contributed by atoms with Crippen molar-refractivity contribution in [2.75, 3.05) is 32.8 Å². The van der Waals surface area contributed by atoms with E-state index in [1.807, 2.05) is 0 Å². The number of likely N-dealkylation sites (tertiary alicyclic amines) is 1. The molecule has 2 aliphatic heterocycles. The van der Waals surface area contributed by atoms with E-state index < -0.39 is 0 Å². The van der Waals surface area contributed by atoms with Crippen LogP contribution in [-0.4, -0.2) is 50.1 Å². The lowest BCUT2D eigenvalue weighted by atomic mass is 9.98. The molecule has 17 heavy (non-hydrogen) atoms. The van der Waals surface area contributed by atoms with Gasteiger partial charge in [0.2, 0.25) is 0 Å². The summed E-state index contributed by atoms with van der Waals surface area (Å²) in [7, 11) is 0. The number of amides is 2. The maximum absolute atomic E-state index is 11.8. The Hall–Kier alpha value is -1.25. The van der Waals surface area contributed by atoms with Crippen molar-refractivity contribution in [2.24, 2.45) is 5.92 Å². The molecule has 94 valence electrons. The Kier molecular flexibility index (Phi) is 4.24. The molecule has 0 bridgehead atoms. The van der Waals surface area contributed by atoms with Crippen LogP contribution in [0.5, 0.6) is 0 Å². The van der Waals surface area contributed by atoms with Crippen molar-refractivity contribution in [3.63, 3.8) is 0 Å². The van der Waals surface area contributed by atoms with Gasteiger partial charge in [-0.1, -0.05) is 5.92 Å². The van der Waals surface area contributed by atoms with Crippen LogP contribution < -0.4 is 5.32 Å². The largest absolute Gasteiger partial charge is 0.350 e. The van der Waals surface area contributed by atoms with E-state index >= 15 is 0 Å². The maximum Gasteiger partial charge on any atom is 0.318 e. The number of nitrogens with one attached hydrogen (secondary N) is 1. The van der Waals surface area contributed by atoms with E-state index in [4.69, 9.17) is 15.9 Å². The molecular formula is C12H18N2O3. The van der Waals surface area contributed by atoms with Crippen LogP contribution in [0.2, 0.25) is 0 Å². The maximum atomic E-state index is 11.8. The van der Waals surface area contributed by atoms with Gasteiger partial charge in [0.15, 0.2) is 6.29 Å². The molecule has 2 fully saturated rings. The predicted molar refractivity (Wildman–Crippen MR) is 62.2 cm³/mol. The summed E-state index contributed by atoms with van der Waals surface area (Å²) >= 11 is 0. The van der Waals surface area contributed by atoms with Crippen LogP contribution in [0.4, 0.5) is 4.79 Å². The lowest BCUT2D eigenvalue weighted by Gasteiger charge is -2.34. The van der Waals surface area contributed by atoms with Crippen LogP contribution in [0.1, 0.15) is 12.8 Å². The average molecular weight is 238 g/mol. The van der Waals surface area contributed by atoms with Crippen LogP contribution in [-0.2, 0) is 9.47 Å². The Balaban J connectivity index is 1.83. The number of carbonyl (C=O) groups is 1. The summed E-state index contributed by atoms with van der Waals surface area (Å²) in [6, 6.07) is -0.0920. The summed E-state index contributed by atoms with van der Waals surface area (Å²) in [5, 5.41) is 2.68. The highest BCUT2D eigenvalue weighted by atomic mass is 16.7. The predicted octanol–water partition coefficient (Wildman–Crippen LogP) is 0.414. The smallest absolute Gasteiger partial charge is 0.318 e. The lowest BCUT2D eigenvalue weighted by molar-refractivity contribution is -0.0962. The molecule has 0 aliphatic carbocycles. The van der Waals surface area contributed by atoms with Crippen LogP contribution in [0, 0.1) is 18.3 Å². The van der Waals surface area contributed by atoms with Gasteiger partial charge in [0.1, 0.15) is 0 Å². The molecule has 1 atom stereocenters. The third-order valence-electron chi connectivity index (χ3n) is 3.12. The van der Waals surface area contributed by atoms with E-state index in [9.17, 15) is 4.79 Å². The zero-order chi connectivity index (χ0) is 12.1.